The summed E-state index contributed by atoms with van der Waals surface area (Å²) in [6.45, 7) is 3.92. The Morgan fingerprint density at radius 1 is 1.13 bits per heavy atom. The van der Waals surface area contributed by atoms with Gasteiger partial charge in [0.1, 0.15) is 24.7 Å². The third kappa shape index (κ3) is 4.03. The van der Waals surface area contributed by atoms with Crippen molar-refractivity contribution in [2.45, 2.75) is 25.0 Å². The molecule has 30 heavy (non-hydrogen) atoms. The molecule has 0 unspecified atom stereocenters. The number of piperidine rings is 3. The summed E-state index contributed by atoms with van der Waals surface area (Å²) >= 11 is 0. The van der Waals surface area contributed by atoms with Gasteiger partial charge in [-0.1, -0.05) is 0 Å². The van der Waals surface area contributed by atoms with Gasteiger partial charge in [0.25, 0.3) is 5.91 Å². The van der Waals surface area contributed by atoms with Crippen LogP contribution in [0.5, 0.6) is 23.0 Å². The second kappa shape index (κ2) is 8.07. The summed E-state index contributed by atoms with van der Waals surface area (Å²) in [5, 5.41) is 12.5. The predicted octanol–water partition coefficient (Wildman–Crippen LogP) is 2.43. The van der Waals surface area contributed by atoms with Crippen LogP contribution in [0.1, 0.15) is 23.2 Å². The molecule has 7 nitrogen and oxygen atoms in total. The van der Waals surface area contributed by atoms with E-state index in [1.807, 2.05) is 0 Å². The van der Waals surface area contributed by atoms with Gasteiger partial charge in [-0.2, -0.15) is 0 Å². The van der Waals surface area contributed by atoms with Gasteiger partial charge in [0.15, 0.2) is 17.6 Å². The Labute approximate surface area is 175 Å². The molecular weight excluding hydrogens is 384 g/mol. The monoisotopic (exact) mass is 410 g/mol. The zero-order valence-electron chi connectivity index (χ0n) is 16.8. The highest BCUT2D eigenvalue weighted by atomic mass is 16.6. The normalized spacial score (nSPS) is 26.8. The van der Waals surface area contributed by atoms with Crippen LogP contribution in [-0.2, 0) is 0 Å². The number of phenolic OH excluding ortho intramolecular Hbond substituents is 1. The van der Waals surface area contributed by atoms with Crippen LogP contribution in [0.15, 0.2) is 42.5 Å². The van der Waals surface area contributed by atoms with E-state index in [1.165, 1.54) is 12.8 Å². The molecule has 4 aliphatic rings. The van der Waals surface area contributed by atoms with Crippen molar-refractivity contribution in [3.05, 3.63) is 48.0 Å². The SMILES string of the molecule is O=C(N[C@H]1CN2CCC1CC2)c1ccc2c(c1)OC[C@H](COc1ccc(O)cc1)O2. The van der Waals surface area contributed by atoms with Crippen molar-refractivity contribution < 1.29 is 24.1 Å². The number of ether oxygens (including phenoxy) is 3. The van der Waals surface area contributed by atoms with E-state index in [0.29, 0.717) is 41.9 Å². The number of carbonyl (C=O) groups excluding carboxylic acids is 1. The number of carbonyl (C=O) groups is 1. The fraction of sp³-hybridized carbons (Fsp3) is 0.435. The third-order valence-electron chi connectivity index (χ3n) is 6.17. The Bertz CT molecular complexity index is 908. The number of rotatable bonds is 5. The van der Waals surface area contributed by atoms with Crippen molar-refractivity contribution in [1.29, 1.82) is 0 Å². The van der Waals surface area contributed by atoms with Gasteiger partial charge in [0.05, 0.1) is 0 Å². The summed E-state index contributed by atoms with van der Waals surface area (Å²) in [6.07, 6.45) is 2.08. The number of nitrogens with one attached hydrogen (secondary N) is 1. The first-order chi connectivity index (χ1) is 14.6. The Balaban J connectivity index is 1.18. The van der Waals surface area contributed by atoms with Crippen LogP contribution in [0.3, 0.4) is 0 Å². The van der Waals surface area contributed by atoms with Crippen LogP contribution in [0.2, 0.25) is 0 Å². The number of aromatic hydroxyl groups is 1. The molecule has 2 aromatic carbocycles. The first kappa shape index (κ1) is 19.1. The molecule has 0 radical (unpaired) electrons. The Morgan fingerprint density at radius 3 is 2.67 bits per heavy atom. The van der Waals surface area contributed by atoms with E-state index in [9.17, 15) is 9.90 Å². The minimum atomic E-state index is -0.252. The molecule has 1 amide bonds. The molecule has 7 heteroatoms. The molecule has 4 heterocycles. The molecule has 2 N–H and O–H groups in total. The molecule has 2 bridgehead atoms. The molecule has 2 atom stereocenters. The van der Waals surface area contributed by atoms with E-state index in [1.54, 1.807) is 42.5 Å². The van der Waals surface area contributed by atoms with Crippen molar-refractivity contribution in [2.75, 3.05) is 32.8 Å². The lowest BCUT2D eigenvalue weighted by molar-refractivity contribution is 0.0531. The van der Waals surface area contributed by atoms with E-state index in [-0.39, 0.29) is 23.8 Å². The van der Waals surface area contributed by atoms with Crippen LogP contribution < -0.4 is 19.5 Å². The summed E-state index contributed by atoms with van der Waals surface area (Å²) in [7, 11) is 0. The fourth-order valence-electron chi connectivity index (χ4n) is 4.45. The third-order valence-corrected chi connectivity index (χ3v) is 6.17. The Morgan fingerprint density at radius 2 is 1.93 bits per heavy atom. The number of hydrogen-bond donors (Lipinski definition) is 2. The van der Waals surface area contributed by atoms with Gasteiger partial charge in [-0.3, -0.25) is 4.79 Å². The van der Waals surface area contributed by atoms with Crippen molar-refractivity contribution in [3.8, 4) is 23.0 Å². The van der Waals surface area contributed by atoms with Crippen LogP contribution in [0, 0.1) is 5.92 Å². The van der Waals surface area contributed by atoms with Crippen molar-refractivity contribution in [3.63, 3.8) is 0 Å². The van der Waals surface area contributed by atoms with Gasteiger partial charge >= 0.3 is 0 Å². The predicted molar refractivity (Wildman–Crippen MR) is 110 cm³/mol. The summed E-state index contributed by atoms with van der Waals surface area (Å²) in [4.78, 5) is 15.2. The maximum absolute atomic E-state index is 12.8. The van der Waals surface area contributed by atoms with E-state index in [4.69, 9.17) is 14.2 Å². The quantitative estimate of drug-likeness (QED) is 0.788. The summed E-state index contributed by atoms with van der Waals surface area (Å²) < 4.78 is 17.5. The highest BCUT2D eigenvalue weighted by molar-refractivity contribution is 5.95. The molecule has 0 aliphatic carbocycles. The van der Waals surface area contributed by atoms with Crippen molar-refractivity contribution >= 4 is 5.91 Å². The minimum Gasteiger partial charge on any atom is -0.508 e. The molecule has 4 aliphatic heterocycles. The second-order valence-corrected chi connectivity index (χ2v) is 8.24. The van der Waals surface area contributed by atoms with Crippen LogP contribution in [0.4, 0.5) is 0 Å². The molecule has 6 rings (SSSR count). The number of nitrogens with zero attached hydrogens (tertiary/aromatic N) is 1. The molecule has 2 aromatic rings. The average Bonchev–Trinajstić information content (AvgIpc) is 2.79. The molecule has 158 valence electrons. The summed E-state index contributed by atoms with van der Waals surface area (Å²) in [5.74, 6) is 2.57. The summed E-state index contributed by atoms with van der Waals surface area (Å²) in [6, 6.07) is 12.1. The lowest BCUT2D eigenvalue weighted by Gasteiger charge is -2.44. The fourth-order valence-corrected chi connectivity index (χ4v) is 4.45. The Hall–Kier alpha value is -2.93. The Kier molecular flexibility index (Phi) is 5.12. The van der Waals surface area contributed by atoms with E-state index in [0.717, 1.165) is 19.6 Å². The number of hydrogen-bond acceptors (Lipinski definition) is 6. The van der Waals surface area contributed by atoms with Gasteiger partial charge < -0.3 is 29.5 Å². The van der Waals surface area contributed by atoms with Gasteiger partial charge in [0.2, 0.25) is 0 Å². The van der Waals surface area contributed by atoms with Gasteiger partial charge in [0, 0.05) is 18.2 Å². The van der Waals surface area contributed by atoms with E-state index < -0.39 is 0 Å². The maximum atomic E-state index is 12.8. The largest absolute Gasteiger partial charge is 0.508 e. The standard InChI is InChI=1S/C23H26N2O5/c26-17-2-4-18(5-3-17)28-13-19-14-29-22-11-16(1-6-21(22)30-19)23(27)24-20-12-25-9-7-15(20)8-10-25/h1-6,11,15,19-20,26H,7-10,12-14H2,(H,24,27)/t19-,20-/m0/s1. The first-order valence-corrected chi connectivity index (χ1v) is 10.5. The van der Waals surface area contributed by atoms with E-state index >= 15 is 0 Å². The highest BCUT2D eigenvalue weighted by Crippen LogP contribution is 2.33. The molecule has 0 spiro atoms. The van der Waals surface area contributed by atoms with Gasteiger partial charge in [-0.25, -0.2) is 0 Å². The minimum absolute atomic E-state index is 0.0575. The number of amides is 1. The van der Waals surface area contributed by atoms with Crippen LogP contribution in [-0.4, -0.2) is 60.9 Å². The molecule has 3 fully saturated rings. The molecule has 0 saturated carbocycles. The number of benzene rings is 2. The van der Waals surface area contributed by atoms with Gasteiger partial charge in [-0.05, 0) is 74.3 Å². The maximum Gasteiger partial charge on any atom is 0.251 e. The number of fused-ring (bicyclic) bond motifs is 4. The topological polar surface area (TPSA) is 80.3 Å². The number of phenols is 1. The highest BCUT2D eigenvalue weighted by Gasteiger charge is 2.35. The molecule has 3 saturated heterocycles. The van der Waals surface area contributed by atoms with Crippen LogP contribution >= 0.6 is 0 Å². The lowest BCUT2D eigenvalue weighted by Crippen LogP contribution is -2.57. The van der Waals surface area contributed by atoms with Crippen LogP contribution in [0.25, 0.3) is 0 Å². The zero-order chi connectivity index (χ0) is 20.5. The van der Waals surface area contributed by atoms with E-state index in [2.05, 4.69) is 10.2 Å². The smallest absolute Gasteiger partial charge is 0.251 e. The van der Waals surface area contributed by atoms with Crippen molar-refractivity contribution in [1.82, 2.24) is 10.2 Å². The summed E-state index contributed by atoms with van der Waals surface area (Å²) in [5.41, 5.74) is 0.590. The average molecular weight is 410 g/mol. The van der Waals surface area contributed by atoms with Crippen molar-refractivity contribution in [2.24, 2.45) is 5.92 Å². The molecule has 0 aromatic heterocycles. The first-order valence-electron chi connectivity index (χ1n) is 10.5. The zero-order valence-corrected chi connectivity index (χ0v) is 16.8. The molecular formula is C23H26N2O5. The van der Waals surface area contributed by atoms with Gasteiger partial charge in [-0.15, -0.1) is 0 Å². The lowest BCUT2D eigenvalue weighted by atomic mass is 9.84. The second-order valence-electron chi connectivity index (χ2n) is 8.24.